The second kappa shape index (κ2) is 10.9. The van der Waals surface area contributed by atoms with Gasteiger partial charge in [0.2, 0.25) is 0 Å². The lowest BCUT2D eigenvalue weighted by Gasteiger charge is -2.37. The first-order valence-corrected chi connectivity index (χ1v) is 12.6. The smallest absolute Gasteiger partial charge is 0.410 e. The van der Waals surface area contributed by atoms with Crippen LogP contribution in [0.25, 0.3) is 10.9 Å². The minimum Gasteiger partial charge on any atom is -0.495 e. The van der Waals surface area contributed by atoms with Crippen LogP contribution in [0.15, 0.2) is 30.3 Å². The summed E-state index contributed by atoms with van der Waals surface area (Å²) in [6.07, 6.45) is -0.0719. The average molecular weight is 543 g/mol. The van der Waals surface area contributed by atoms with Crippen LogP contribution in [0, 0.1) is 11.6 Å². The molecule has 1 aromatic heterocycles. The number of benzene rings is 2. The zero-order valence-corrected chi connectivity index (χ0v) is 22.6. The number of rotatable bonds is 6. The predicted octanol–water partition coefficient (Wildman–Crippen LogP) is 5.58. The van der Waals surface area contributed by atoms with E-state index in [1.165, 1.54) is 13.2 Å². The Kier molecular flexibility index (Phi) is 7.80. The van der Waals surface area contributed by atoms with Crippen LogP contribution in [-0.2, 0) is 11.2 Å². The highest BCUT2D eigenvalue weighted by molar-refractivity contribution is 6.08. The molecule has 9 nitrogen and oxygen atoms in total. The number of hydrogen-bond donors (Lipinski definition) is 2. The summed E-state index contributed by atoms with van der Waals surface area (Å²) < 4.78 is 39.3. The van der Waals surface area contributed by atoms with Crippen LogP contribution in [0.2, 0.25) is 0 Å². The first-order valence-electron chi connectivity index (χ1n) is 12.6. The molecule has 0 unspecified atom stereocenters. The lowest BCUT2D eigenvalue weighted by Crippen LogP contribution is -2.50. The van der Waals surface area contributed by atoms with Gasteiger partial charge in [-0.25, -0.2) is 18.4 Å². The number of methoxy groups -OCH3 is 1. The van der Waals surface area contributed by atoms with Gasteiger partial charge >= 0.3 is 12.1 Å². The minimum atomic E-state index is -1.23. The molecule has 1 aliphatic rings. The number of aromatic carboxylic acids is 1. The second-order valence-electron chi connectivity index (χ2n) is 10.2. The lowest BCUT2D eigenvalue weighted by atomic mass is 10.0. The summed E-state index contributed by atoms with van der Waals surface area (Å²) in [4.78, 5) is 33.1. The molecule has 1 saturated heterocycles. The Morgan fingerprint density at radius 2 is 1.79 bits per heavy atom. The third-order valence-electron chi connectivity index (χ3n) is 6.37. The largest absolute Gasteiger partial charge is 0.495 e. The van der Waals surface area contributed by atoms with Crippen LogP contribution in [-0.4, -0.2) is 65.9 Å². The molecular weight excluding hydrogens is 510 g/mol. The van der Waals surface area contributed by atoms with E-state index in [-0.39, 0.29) is 23.0 Å². The highest BCUT2D eigenvalue weighted by atomic mass is 19.1. The molecule has 0 atom stereocenters. The number of nitrogens with zero attached hydrogens (tertiary/aromatic N) is 3. The fraction of sp³-hybridized carbons (Fsp3) is 0.393. The molecule has 1 fully saturated rings. The van der Waals surface area contributed by atoms with Crippen LogP contribution in [0.5, 0.6) is 5.75 Å². The Morgan fingerprint density at radius 3 is 2.36 bits per heavy atom. The molecule has 39 heavy (non-hydrogen) atoms. The first-order chi connectivity index (χ1) is 18.4. The summed E-state index contributed by atoms with van der Waals surface area (Å²) in [6.45, 7) is 8.99. The number of ether oxygens (including phenoxy) is 2. The van der Waals surface area contributed by atoms with Gasteiger partial charge in [0.25, 0.3) is 0 Å². The van der Waals surface area contributed by atoms with Crippen molar-refractivity contribution in [2.45, 2.75) is 39.7 Å². The fourth-order valence-corrected chi connectivity index (χ4v) is 4.54. The highest BCUT2D eigenvalue weighted by Gasteiger charge is 2.28. The molecule has 0 bridgehead atoms. The number of aromatic nitrogens is 1. The maximum atomic E-state index is 14.6. The number of nitrogens with one attached hydrogen (secondary N) is 1. The van der Waals surface area contributed by atoms with Gasteiger partial charge in [-0.3, -0.25) is 4.98 Å². The Labute approximate surface area is 225 Å². The molecule has 11 heteroatoms. The number of fused-ring (bicyclic) bond motifs is 1. The number of carbonyl (C=O) groups is 2. The monoisotopic (exact) mass is 542 g/mol. The molecule has 2 aromatic carbocycles. The third-order valence-corrected chi connectivity index (χ3v) is 6.37. The second-order valence-corrected chi connectivity index (χ2v) is 10.2. The van der Waals surface area contributed by atoms with Gasteiger partial charge in [-0.2, -0.15) is 0 Å². The van der Waals surface area contributed by atoms with Gasteiger partial charge < -0.3 is 29.7 Å². The van der Waals surface area contributed by atoms with Crippen LogP contribution in [0.4, 0.5) is 30.6 Å². The molecule has 2 N–H and O–H groups in total. The van der Waals surface area contributed by atoms with Gasteiger partial charge in [-0.1, -0.05) is 6.92 Å². The summed E-state index contributed by atoms with van der Waals surface area (Å²) in [6, 6.07) is 6.50. The van der Waals surface area contributed by atoms with Crippen LogP contribution in [0.3, 0.4) is 0 Å². The van der Waals surface area contributed by atoms with Crippen LogP contribution >= 0.6 is 0 Å². The van der Waals surface area contributed by atoms with Gasteiger partial charge in [0.05, 0.1) is 35.4 Å². The maximum Gasteiger partial charge on any atom is 0.410 e. The van der Waals surface area contributed by atoms with Gasteiger partial charge in [-0.05, 0) is 45.4 Å². The van der Waals surface area contributed by atoms with Crippen molar-refractivity contribution in [1.29, 1.82) is 0 Å². The summed E-state index contributed by atoms with van der Waals surface area (Å²) >= 11 is 0. The van der Waals surface area contributed by atoms with E-state index in [4.69, 9.17) is 9.47 Å². The van der Waals surface area contributed by atoms with E-state index in [9.17, 15) is 23.5 Å². The van der Waals surface area contributed by atoms with Crippen molar-refractivity contribution in [1.82, 2.24) is 9.88 Å². The molecule has 208 valence electrons. The van der Waals surface area contributed by atoms with Crippen molar-refractivity contribution in [3.05, 3.63) is 53.2 Å². The van der Waals surface area contributed by atoms with E-state index in [0.717, 1.165) is 12.1 Å². The molecule has 0 saturated carbocycles. The lowest BCUT2D eigenvalue weighted by molar-refractivity contribution is 0.0240. The summed E-state index contributed by atoms with van der Waals surface area (Å²) in [7, 11) is 1.53. The quantitative estimate of drug-likeness (QED) is 0.416. The van der Waals surface area contributed by atoms with Gasteiger partial charge in [0.15, 0.2) is 0 Å². The first kappa shape index (κ1) is 27.9. The van der Waals surface area contributed by atoms with Crippen molar-refractivity contribution in [3.8, 4) is 5.75 Å². The number of carboxylic acid groups (broad SMARTS) is 1. The Morgan fingerprint density at radius 1 is 1.10 bits per heavy atom. The van der Waals surface area contributed by atoms with Crippen molar-refractivity contribution in [3.63, 3.8) is 0 Å². The van der Waals surface area contributed by atoms with E-state index >= 15 is 0 Å². The summed E-state index contributed by atoms with van der Waals surface area (Å²) in [5.74, 6) is -2.32. The third kappa shape index (κ3) is 5.97. The summed E-state index contributed by atoms with van der Waals surface area (Å²) in [5.41, 5.74) is 0.798. The van der Waals surface area contributed by atoms with Gasteiger partial charge in [0, 0.05) is 43.7 Å². The van der Waals surface area contributed by atoms with Crippen LogP contribution in [0.1, 0.15) is 43.7 Å². The van der Waals surface area contributed by atoms with E-state index < -0.39 is 23.2 Å². The number of halogens is 2. The number of carboxylic acids is 1. The molecule has 3 aromatic rings. The van der Waals surface area contributed by atoms with Crippen LogP contribution < -0.4 is 15.0 Å². The van der Waals surface area contributed by atoms with E-state index in [2.05, 4.69) is 10.3 Å². The zero-order chi connectivity index (χ0) is 28.5. The molecule has 0 aliphatic carbocycles. The van der Waals surface area contributed by atoms with Crippen molar-refractivity contribution >= 4 is 40.0 Å². The molecule has 1 amide bonds. The number of pyridine rings is 1. The van der Waals surface area contributed by atoms with Crippen molar-refractivity contribution in [2.75, 3.05) is 43.5 Å². The number of aryl methyl sites for hydroxylation is 1. The number of anilines is 3. The van der Waals surface area contributed by atoms with E-state index in [1.54, 1.807) is 24.0 Å². The SMILES string of the molecule is CCc1nc2cc(OC)c(N3CCN(C(=O)OC(C)(C)C)CC3)cc2c(Nc2ccc(F)cc2F)c1C(=O)O. The minimum absolute atomic E-state index is 0.0724. The Bertz CT molecular complexity index is 1420. The van der Waals surface area contributed by atoms with Gasteiger partial charge in [-0.15, -0.1) is 0 Å². The Hall–Kier alpha value is -4.15. The molecule has 1 aliphatic heterocycles. The highest BCUT2D eigenvalue weighted by Crippen LogP contribution is 2.39. The molecule has 4 rings (SSSR count). The zero-order valence-electron chi connectivity index (χ0n) is 22.6. The topological polar surface area (TPSA) is 104 Å². The average Bonchev–Trinajstić information content (AvgIpc) is 2.88. The Balaban J connectivity index is 1.78. The number of hydrogen-bond acceptors (Lipinski definition) is 7. The molecular formula is C28H32F2N4O5. The maximum absolute atomic E-state index is 14.6. The predicted molar refractivity (Wildman–Crippen MR) is 144 cm³/mol. The van der Waals surface area contributed by atoms with Gasteiger partial charge in [0.1, 0.15) is 28.5 Å². The summed E-state index contributed by atoms with van der Waals surface area (Å²) in [5, 5.41) is 13.4. The standard InChI is InChI=1S/C28H32F2N4O5/c1-6-19-24(26(35)36)25(32-20-8-7-16(29)13-18(20)30)17-14-22(23(38-5)15-21(17)31-19)33-9-11-34(12-10-33)27(37)39-28(2,3)4/h7-8,13-15H,6,9-12H2,1-5H3,(H,31,32)(H,35,36). The number of amides is 1. The van der Waals surface area contributed by atoms with E-state index in [0.29, 0.717) is 60.6 Å². The fourth-order valence-electron chi connectivity index (χ4n) is 4.54. The van der Waals surface area contributed by atoms with Crippen molar-refractivity contribution < 1.29 is 33.0 Å². The van der Waals surface area contributed by atoms with E-state index in [1.807, 2.05) is 25.7 Å². The molecule has 2 heterocycles. The number of carbonyl (C=O) groups excluding carboxylic acids is 1. The molecule has 0 radical (unpaired) electrons. The molecule has 0 spiro atoms. The normalized spacial score (nSPS) is 13.9. The van der Waals surface area contributed by atoms with Crippen molar-refractivity contribution in [2.24, 2.45) is 0 Å². The number of piperazine rings is 1.